The molecule has 1 amide bonds. The van der Waals surface area contributed by atoms with Crippen molar-refractivity contribution in [2.24, 2.45) is 0 Å². The van der Waals surface area contributed by atoms with E-state index in [-0.39, 0.29) is 16.9 Å². The van der Waals surface area contributed by atoms with Gasteiger partial charge in [0.05, 0.1) is 25.9 Å². The molecule has 0 atom stereocenters. The molecule has 4 rings (SSSR count). The van der Waals surface area contributed by atoms with Gasteiger partial charge in [-0.2, -0.15) is 0 Å². The van der Waals surface area contributed by atoms with Gasteiger partial charge in [0.15, 0.2) is 23.9 Å². The van der Waals surface area contributed by atoms with Crippen LogP contribution in [0.4, 0.5) is 5.69 Å². The van der Waals surface area contributed by atoms with Gasteiger partial charge in [0, 0.05) is 11.8 Å². The van der Waals surface area contributed by atoms with Crippen LogP contribution in [0.3, 0.4) is 0 Å². The molecule has 8 nitrogen and oxygen atoms in total. The maximum Gasteiger partial charge on any atom is 0.262 e. The van der Waals surface area contributed by atoms with E-state index in [0.717, 1.165) is 11.1 Å². The summed E-state index contributed by atoms with van der Waals surface area (Å²) in [6, 6.07) is 12.0. The molecule has 0 saturated heterocycles. The monoisotopic (exact) mass is 449 g/mol. The first kappa shape index (κ1) is 22.0. The van der Waals surface area contributed by atoms with Crippen LogP contribution in [0.1, 0.15) is 11.1 Å². The normalized spacial score (nSPS) is 10.8. The van der Waals surface area contributed by atoms with Gasteiger partial charge in [0.25, 0.3) is 5.91 Å². The highest BCUT2D eigenvalue weighted by atomic mass is 16.5. The molecular weight excluding hydrogens is 426 g/mol. The first-order chi connectivity index (χ1) is 15.9. The van der Waals surface area contributed by atoms with E-state index in [0.29, 0.717) is 33.9 Å². The molecule has 0 aliphatic carbocycles. The number of anilines is 1. The van der Waals surface area contributed by atoms with Crippen LogP contribution in [0.25, 0.3) is 22.5 Å². The van der Waals surface area contributed by atoms with Crippen LogP contribution >= 0.6 is 0 Å². The summed E-state index contributed by atoms with van der Waals surface area (Å²) in [6.07, 6.45) is 1.47. The summed E-state index contributed by atoms with van der Waals surface area (Å²) in [6.45, 7) is 3.34. The number of methoxy groups -OCH3 is 2. The molecule has 0 bridgehead atoms. The van der Waals surface area contributed by atoms with Crippen LogP contribution < -0.4 is 25.0 Å². The van der Waals surface area contributed by atoms with Crippen LogP contribution in [0.5, 0.6) is 17.2 Å². The fraction of sp³-hybridized carbons (Fsp3) is 0.200. The Hall–Kier alpha value is -4.20. The summed E-state index contributed by atoms with van der Waals surface area (Å²) in [7, 11) is 3.03. The summed E-state index contributed by atoms with van der Waals surface area (Å²) < 4.78 is 27.6. The molecule has 4 aromatic rings. The number of carbonyl (C=O) groups is 1. The predicted molar refractivity (Wildman–Crippen MR) is 123 cm³/mol. The van der Waals surface area contributed by atoms with Gasteiger partial charge in [-0.3, -0.25) is 9.59 Å². The predicted octanol–water partition coefficient (Wildman–Crippen LogP) is 4.70. The minimum atomic E-state index is -0.465. The third-order valence-electron chi connectivity index (χ3n) is 5.04. The van der Waals surface area contributed by atoms with Gasteiger partial charge in [0.1, 0.15) is 5.58 Å². The second kappa shape index (κ2) is 9.12. The lowest BCUT2D eigenvalue weighted by atomic mass is 10.1. The highest BCUT2D eigenvalue weighted by Crippen LogP contribution is 2.33. The highest BCUT2D eigenvalue weighted by Gasteiger charge is 2.22. The van der Waals surface area contributed by atoms with Gasteiger partial charge in [-0.05, 0) is 55.3 Å². The number of aryl methyl sites for hydroxylation is 2. The van der Waals surface area contributed by atoms with Gasteiger partial charge in [-0.1, -0.05) is 6.07 Å². The number of furan rings is 1. The highest BCUT2D eigenvalue weighted by molar-refractivity contribution is 5.92. The van der Waals surface area contributed by atoms with Crippen LogP contribution in [-0.2, 0) is 4.79 Å². The van der Waals surface area contributed by atoms with Crippen LogP contribution in [-0.4, -0.2) is 26.7 Å². The third kappa shape index (κ3) is 4.41. The zero-order chi connectivity index (χ0) is 23.5. The number of fused-ring (bicyclic) bond motifs is 1. The van der Waals surface area contributed by atoms with Gasteiger partial charge in [-0.25, -0.2) is 0 Å². The summed E-state index contributed by atoms with van der Waals surface area (Å²) >= 11 is 0. The van der Waals surface area contributed by atoms with Crippen molar-refractivity contribution in [2.45, 2.75) is 13.8 Å². The van der Waals surface area contributed by atoms with Crippen molar-refractivity contribution < 1.29 is 27.8 Å². The number of rotatable bonds is 7. The first-order valence-corrected chi connectivity index (χ1v) is 10.2. The number of amides is 1. The Morgan fingerprint density at radius 3 is 2.52 bits per heavy atom. The summed E-state index contributed by atoms with van der Waals surface area (Å²) in [5.41, 5.74) is 2.28. The molecule has 1 N–H and O–H groups in total. The Kier molecular flexibility index (Phi) is 6.08. The lowest BCUT2D eigenvalue weighted by Crippen LogP contribution is -2.22. The lowest BCUT2D eigenvalue weighted by molar-refractivity contribution is -0.118. The third-order valence-corrected chi connectivity index (χ3v) is 5.04. The fourth-order valence-electron chi connectivity index (χ4n) is 3.58. The Morgan fingerprint density at radius 2 is 1.82 bits per heavy atom. The molecule has 0 aliphatic rings. The van der Waals surface area contributed by atoms with Crippen molar-refractivity contribution in [3.05, 3.63) is 70.1 Å². The average molecular weight is 449 g/mol. The van der Waals surface area contributed by atoms with Gasteiger partial charge >= 0.3 is 0 Å². The molecule has 0 radical (unpaired) electrons. The maximum atomic E-state index is 13.3. The quantitative estimate of drug-likeness (QED) is 0.436. The van der Waals surface area contributed by atoms with Crippen LogP contribution in [0.2, 0.25) is 0 Å². The van der Waals surface area contributed by atoms with E-state index in [1.54, 1.807) is 36.4 Å². The van der Waals surface area contributed by atoms with E-state index in [1.807, 2.05) is 19.9 Å². The molecule has 170 valence electrons. The molecule has 0 saturated carbocycles. The van der Waals surface area contributed by atoms with Crippen molar-refractivity contribution in [2.75, 3.05) is 26.1 Å². The van der Waals surface area contributed by atoms with Crippen molar-refractivity contribution in [1.29, 1.82) is 0 Å². The Labute approximate surface area is 189 Å². The molecule has 2 aromatic heterocycles. The van der Waals surface area contributed by atoms with E-state index in [2.05, 4.69) is 5.32 Å². The molecule has 33 heavy (non-hydrogen) atoms. The summed E-state index contributed by atoms with van der Waals surface area (Å²) in [5, 5.41) is 3.08. The Morgan fingerprint density at radius 1 is 1.03 bits per heavy atom. The summed E-state index contributed by atoms with van der Waals surface area (Å²) in [4.78, 5) is 25.8. The zero-order valence-electron chi connectivity index (χ0n) is 18.7. The number of hydrogen-bond acceptors (Lipinski definition) is 7. The van der Waals surface area contributed by atoms with E-state index in [9.17, 15) is 9.59 Å². The van der Waals surface area contributed by atoms with E-state index in [1.165, 1.54) is 20.5 Å². The number of ether oxygens (including phenoxy) is 3. The second-order valence-electron chi connectivity index (χ2n) is 7.43. The minimum Gasteiger partial charge on any atom is -0.493 e. The number of nitrogens with one attached hydrogen (secondary N) is 1. The molecule has 0 spiro atoms. The van der Waals surface area contributed by atoms with Crippen molar-refractivity contribution in [3.8, 4) is 28.8 Å². The Bertz CT molecular complexity index is 1370. The second-order valence-corrected chi connectivity index (χ2v) is 7.43. The van der Waals surface area contributed by atoms with E-state index in [4.69, 9.17) is 23.0 Å². The van der Waals surface area contributed by atoms with Crippen LogP contribution in [0.15, 0.2) is 62.4 Å². The number of carbonyl (C=O) groups excluding carboxylic acids is 1. The summed E-state index contributed by atoms with van der Waals surface area (Å²) in [5.74, 6) is 0.900. The maximum absolute atomic E-state index is 13.3. The fourth-order valence-corrected chi connectivity index (χ4v) is 3.58. The van der Waals surface area contributed by atoms with Crippen molar-refractivity contribution >= 4 is 22.6 Å². The minimum absolute atomic E-state index is 0.0927. The molecule has 0 aliphatic heterocycles. The molecule has 2 aromatic carbocycles. The first-order valence-electron chi connectivity index (χ1n) is 10.2. The zero-order valence-corrected chi connectivity index (χ0v) is 18.7. The molecule has 0 fully saturated rings. The van der Waals surface area contributed by atoms with Gasteiger partial charge in [-0.15, -0.1) is 0 Å². The van der Waals surface area contributed by atoms with E-state index < -0.39 is 12.5 Å². The van der Waals surface area contributed by atoms with Crippen molar-refractivity contribution in [3.63, 3.8) is 0 Å². The van der Waals surface area contributed by atoms with Gasteiger partial charge < -0.3 is 28.4 Å². The lowest BCUT2D eigenvalue weighted by Gasteiger charge is -2.13. The number of hydrogen-bond donors (Lipinski definition) is 1. The van der Waals surface area contributed by atoms with Gasteiger partial charge in [0.2, 0.25) is 16.9 Å². The molecule has 2 heterocycles. The van der Waals surface area contributed by atoms with E-state index >= 15 is 0 Å². The largest absolute Gasteiger partial charge is 0.493 e. The smallest absolute Gasteiger partial charge is 0.262 e. The SMILES string of the molecule is COc1ccc(NC(=O)COc2c(-c3ccco3)oc3c(C)cc(C)cc3c2=O)cc1OC. The average Bonchev–Trinajstić information content (AvgIpc) is 3.33. The van der Waals surface area contributed by atoms with Crippen molar-refractivity contribution in [1.82, 2.24) is 0 Å². The topological polar surface area (TPSA) is 100 Å². The standard InChI is InChI=1S/C25H23NO7/c1-14-10-15(2)23-17(11-14)22(28)25(24(33-23)19-6-5-9-31-19)32-13-21(27)26-16-7-8-18(29-3)20(12-16)30-4/h5-12H,13H2,1-4H3,(H,26,27). The Balaban J connectivity index is 1.64. The molecule has 8 heteroatoms. The molecule has 0 unspecified atom stereocenters. The number of benzene rings is 2. The van der Waals surface area contributed by atoms with Crippen LogP contribution in [0, 0.1) is 13.8 Å². The molecular formula is C25H23NO7.